The monoisotopic (exact) mass is 438 g/mol. The van der Waals surface area contributed by atoms with Crippen molar-refractivity contribution in [1.29, 1.82) is 0 Å². The van der Waals surface area contributed by atoms with Gasteiger partial charge in [-0.2, -0.15) is 0 Å². The molecule has 1 N–H and O–H groups in total. The first-order valence-electron chi connectivity index (χ1n) is 13.4. The van der Waals surface area contributed by atoms with E-state index in [1.54, 1.807) is 0 Å². The Morgan fingerprint density at radius 2 is 1.23 bits per heavy atom. The number of hydrogen-bond acceptors (Lipinski definition) is 3. The highest BCUT2D eigenvalue weighted by atomic mass is 16.5. The van der Waals surface area contributed by atoms with E-state index in [1.165, 1.54) is 64.2 Å². The Bertz CT molecular complexity index is 466. The minimum absolute atomic E-state index is 0.0393. The molecule has 1 aliphatic carbocycles. The topological polar surface area (TPSA) is 63.6 Å². The van der Waals surface area contributed by atoms with E-state index in [0.29, 0.717) is 31.6 Å². The average Bonchev–Trinajstić information content (AvgIpc) is 2.74. The smallest absolute Gasteiger partial charge is 0.309 e. The molecule has 0 spiro atoms. The molecule has 4 nitrogen and oxygen atoms in total. The van der Waals surface area contributed by atoms with E-state index >= 15 is 0 Å². The van der Waals surface area contributed by atoms with Crippen molar-refractivity contribution < 1.29 is 19.4 Å². The van der Waals surface area contributed by atoms with Crippen LogP contribution in [0.1, 0.15) is 136 Å². The number of hydrogen-bond donors (Lipinski definition) is 1. The third kappa shape index (κ3) is 13.9. The van der Waals surface area contributed by atoms with Crippen LogP contribution in [0.15, 0.2) is 0 Å². The first-order valence-corrected chi connectivity index (χ1v) is 13.4. The number of carboxylic acids is 1. The van der Waals surface area contributed by atoms with E-state index in [9.17, 15) is 9.59 Å². The van der Waals surface area contributed by atoms with Crippen molar-refractivity contribution in [3.63, 3.8) is 0 Å². The molecule has 0 aromatic rings. The fraction of sp³-hybridized carbons (Fsp3) is 0.926. The first kappa shape index (κ1) is 28.0. The normalized spacial score (nSPS) is 20.0. The van der Waals surface area contributed by atoms with Crippen LogP contribution in [-0.2, 0) is 14.3 Å². The molecular formula is C27H50O4. The van der Waals surface area contributed by atoms with Crippen molar-refractivity contribution in [3.8, 4) is 0 Å². The number of carbonyl (C=O) groups is 2. The zero-order valence-electron chi connectivity index (χ0n) is 20.7. The third-order valence-electron chi connectivity index (χ3n) is 6.88. The summed E-state index contributed by atoms with van der Waals surface area (Å²) in [6.07, 6.45) is 20.0. The zero-order valence-corrected chi connectivity index (χ0v) is 20.7. The summed E-state index contributed by atoms with van der Waals surface area (Å²) in [7, 11) is 0. The zero-order chi connectivity index (χ0) is 22.9. The number of esters is 1. The first-order chi connectivity index (χ1) is 14.9. The predicted molar refractivity (Wildman–Crippen MR) is 128 cm³/mol. The highest BCUT2D eigenvalue weighted by Crippen LogP contribution is 2.30. The Morgan fingerprint density at radius 1 is 0.742 bits per heavy atom. The van der Waals surface area contributed by atoms with Crippen LogP contribution in [-0.4, -0.2) is 23.1 Å². The summed E-state index contributed by atoms with van der Waals surface area (Å²) in [4.78, 5) is 23.8. The number of ether oxygens (including phenoxy) is 1. The lowest BCUT2D eigenvalue weighted by molar-refractivity contribution is -0.158. The molecule has 1 unspecified atom stereocenters. The summed E-state index contributed by atoms with van der Waals surface area (Å²) in [5.41, 5.74) is 0. The molecule has 0 aromatic carbocycles. The molecule has 1 fully saturated rings. The number of carboxylic acid groups (broad SMARTS) is 1. The number of carbonyl (C=O) groups excluding carboxylic acids is 1. The lowest BCUT2D eigenvalue weighted by Crippen LogP contribution is -2.29. The van der Waals surface area contributed by atoms with Crippen LogP contribution >= 0.6 is 0 Å². The van der Waals surface area contributed by atoms with Crippen LogP contribution in [0.3, 0.4) is 0 Å². The summed E-state index contributed by atoms with van der Waals surface area (Å²) in [6.45, 7) is 6.74. The number of aliphatic carboxylic acids is 1. The van der Waals surface area contributed by atoms with Crippen LogP contribution in [0, 0.1) is 17.8 Å². The Labute approximate surface area is 191 Å². The van der Waals surface area contributed by atoms with E-state index in [-0.39, 0.29) is 23.9 Å². The number of unbranched alkanes of at least 4 members (excludes halogenated alkanes) is 9. The molecule has 0 amide bonds. The minimum Gasteiger partial charge on any atom is -0.481 e. The SMILES string of the molecule is CCCCCCCCCCCCC(CCCC(C)C)OC(=O)C1CCC(C(=O)O)CC1. The van der Waals surface area contributed by atoms with E-state index in [2.05, 4.69) is 20.8 Å². The highest BCUT2D eigenvalue weighted by molar-refractivity contribution is 5.74. The van der Waals surface area contributed by atoms with Crippen LogP contribution in [0.2, 0.25) is 0 Å². The maximum Gasteiger partial charge on any atom is 0.309 e. The van der Waals surface area contributed by atoms with Crippen LogP contribution < -0.4 is 0 Å². The van der Waals surface area contributed by atoms with Crippen molar-refractivity contribution in [2.24, 2.45) is 17.8 Å². The van der Waals surface area contributed by atoms with Gasteiger partial charge in [0.15, 0.2) is 0 Å². The highest BCUT2D eigenvalue weighted by Gasteiger charge is 2.31. The summed E-state index contributed by atoms with van der Waals surface area (Å²) >= 11 is 0. The molecule has 0 radical (unpaired) electrons. The van der Waals surface area contributed by atoms with Crippen molar-refractivity contribution in [1.82, 2.24) is 0 Å². The predicted octanol–water partition coefficient (Wildman–Crippen LogP) is 7.93. The van der Waals surface area contributed by atoms with E-state index < -0.39 is 5.97 Å². The van der Waals surface area contributed by atoms with Crippen LogP contribution in [0.25, 0.3) is 0 Å². The van der Waals surface area contributed by atoms with Crippen LogP contribution in [0.5, 0.6) is 0 Å². The molecule has 0 saturated heterocycles. The summed E-state index contributed by atoms with van der Waals surface area (Å²) < 4.78 is 5.96. The lowest BCUT2D eigenvalue weighted by atomic mass is 9.82. The van der Waals surface area contributed by atoms with Gasteiger partial charge in [-0.15, -0.1) is 0 Å². The molecule has 4 heteroatoms. The summed E-state index contributed by atoms with van der Waals surface area (Å²) in [6, 6.07) is 0. The lowest BCUT2D eigenvalue weighted by Gasteiger charge is -2.27. The Morgan fingerprint density at radius 3 is 1.74 bits per heavy atom. The Kier molecular flexibility index (Phi) is 15.8. The average molecular weight is 439 g/mol. The molecule has 1 rings (SSSR count). The largest absolute Gasteiger partial charge is 0.481 e. The molecule has 1 aliphatic rings. The summed E-state index contributed by atoms with van der Waals surface area (Å²) in [5.74, 6) is -0.502. The van der Waals surface area contributed by atoms with Crippen LogP contribution in [0.4, 0.5) is 0 Å². The van der Waals surface area contributed by atoms with Gasteiger partial charge >= 0.3 is 11.9 Å². The standard InChI is InChI=1S/C27H50O4/c1-4-5-6-7-8-9-10-11-12-13-16-25(17-14-15-22(2)3)31-27(30)24-20-18-23(19-21-24)26(28)29/h22-25H,4-21H2,1-3H3,(H,28,29). The van der Waals surface area contributed by atoms with Gasteiger partial charge in [-0.05, 0) is 57.3 Å². The quantitative estimate of drug-likeness (QED) is 0.174. The van der Waals surface area contributed by atoms with Gasteiger partial charge in [-0.3, -0.25) is 9.59 Å². The molecule has 31 heavy (non-hydrogen) atoms. The molecular weight excluding hydrogens is 388 g/mol. The van der Waals surface area contributed by atoms with Gasteiger partial charge in [0.2, 0.25) is 0 Å². The second-order valence-electron chi connectivity index (χ2n) is 10.2. The van der Waals surface area contributed by atoms with Gasteiger partial charge in [-0.1, -0.05) is 85.0 Å². The van der Waals surface area contributed by atoms with Gasteiger partial charge in [-0.25, -0.2) is 0 Å². The molecule has 182 valence electrons. The molecule has 1 saturated carbocycles. The Balaban J connectivity index is 2.28. The fourth-order valence-electron chi connectivity index (χ4n) is 4.71. The van der Waals surface area contributed by atoms with Crippen molar-refractivity contribution in [3.05, 3.63) is 0 Å². The molecule has 0 aromatic heterocycles. The molecule has 0 heterocycles. The molecule has 0 aliphatic heterocycles. The van der Waals surface area contributed by atoms with Crippen molar-refractivity contribution in [2.45, 2.75) is 142 Å². The fourth-order valence-corrected chi connectivity index (χ4v) is 4.71. The molecule has 0 bridgehead atoms. The molecule has 1 atom stereocenters. The minimum atomic E-state index is -0.723. The van der Waals surface area contributed by atoms with Gasteiger partial charge < -0.3 is 9.84 Å². The van der Waals surface area contributed by atoms with Crippen molar-refractivity contribution >= 4 is 11.9 Å². The van der Waals surface area contributed by atoms with E-state index in [4.69, 9.17) is 9.84 Å². The number of rotatable bonds is 18. The van der Waals surface area contributed by atoms with Gasteiger partial charge in [0, 0.05) is 0 Å². The second kappa shape index (κ2) is 17.5. The van der Waals surface area contributed by atoms with Gasteiger partial charge in [0.05, 0.1) is 11.8 Å². The summed E-state index contributed by atoms with van der Waals surface area (Å²) in [5, 5.41) is 9.16. The van der Waals surface area contributed by atoms with Crippen molar-refractivity contribution in [2.75, 3.05) is 0 Å². The third-order valence-corrected chi connectivity index (χ3v) is 6.88. The maximum absolute atomic E-state index is 12.7. The maximum atomic E-state index is 12.7. The van der Waals surface area contributed by atoms with E-state index in [0.717, 1.165) is 25.7 Å². The van der Waals surface area contributed by atoms with Gasteiger partial charge in [0.25, 0.3) is 0 Å². The van der Waals surface area contributed by atoms with Gasteiger partial charge in [0.1, 0.15) is 6.10 Å². The second-order valence-corrected chi connectivity index (χ2v) is 10.2. The Hall–Kier alpha value is -1.06. The van der Waals surface area contributed by atoms with E-state index in [1.807, 2.05) is 0 Å².